The van der Waals surface area contributed by atoms with Crippen LogP contribution >= 0.6 is 0 Å². The van der Waals surface area contributed by atoms with Crippen molar-refractivity contribution in [1.29, 1.82) is 0 Å². The lowest BCUT2D eigenvalue weighted by molar-refractivity contribution is -0.276. The van der Waals surface area contributed by atoms with Crippen LogP contribution in [-0.2, 0) is 38.6 Å². The van der Waals surface area contributed by atoms with Crippen LogP contribution in [0.2, 0.25) is 0 Å². The number of rotatable bonds is 13. The number of nitrogens with zero attached hydrogens (tertiary/aromatic N) is 1. The van der Waals surface area contributed by atoms with Gasteiger partial charge in [-0.05, 0) is 64.9 Å². The van der Waals surface area contributed by atoms with Gasteiger partial charge in [-0.1, -0.05) is 97.9 Å². The number of hydrogen-bond donors (Lipinski definition) is 4. The Bertz CT molecular complexity index is 1770. The van der Waals surface area contributed by atoms with Crippen molar-refractivity contribution in [2.24, 2.45) is 5.92 Å². The zero-order valence-electron chi connectivity index (χ0n) is 29.8. The molecule has 0 saturated carbocycles. The summed E-state index contributed by atoms with van der Waals surface area (Å²) in [6.45, 7) is 4.17. The van der Waals surface area contributed by atoms with Crippen molar-refractivity contribution in [3.05, 3.63) is 131 Å². The molecule has 2 saturated heterocycles. The molecule has 274 valence electrons. The number of carbonyl (C=O) groups excluding carboxylic acids is 2. The van der Waals surface area contributed by atoms with E-state index in [-0.39, 0.29) is 43.9 Å². The topological polar surface area (TPSA) is 130 Å². The minimum Gasteiger partial charge on any atom is -0.467 e. The molecular weight excluding hydrogens is 658 g/mol. The molecule has 2 heterocycles. The molecule has 6 rings (SSSR count). The number of aliphatic hydroxyl groups is 2. The molecule has 6 atom stereocenters. The van der Waals surface area contributed by atoms with Crippen LogP contribution in [0.5, 0.6) is 0 Å². The third-order valence-electron chi connectivity index (χ3n) is 10.2. The Hall–Kier alpha value is -4.58. The highest BCUT2D eigenvalue weighted by Crippen LogP contribution is 2.43. The lowest BCUT2D eigenvalue weighted by Gasteiger charge is -2.43. The van der Waals surface area contributed by atoms with E-state index in [4.69, 9.17) is 14.2 Å². The SMILES string of the molecule is COC(=O)[C@H](Cc1ccccc1)NC(=O)NCc1cccc(-c2cccc([C@@H]3O[C@H](CN4CCC[C@H]4CO)[C@H](C)[C@H](c4ccc(CO)cc4)O3)c2)c1. The minimum atomic E-state index is -0.820. The molecule has 0 aliphatic carbocycles. The summed E-state index contributed by atoms with van der Waals surface area (Å²) in [6, 6.07) is 32.3. The lowest BCUT2D eigenvalue weighted by Crippen LogP contribution is -2.47. The zero-order valence-corrected chi connectivity index (χ0v) is 29.8. The molecule has 4 aromatic rings. The highest BCUT2D eigenvalue weighted by molar-refractivity contribution is 5.83. The summed E-state index contributed by atoms with van der Waals surface area (Å²) >= 11 is 0. The predicted octanol–water partition coefficient (Wildman–Crippen LogP) is 5.68. The monoisotopic (exact) mass is 707 g/mol. The van der Waals surface area contributed by atoms with Crippen LogP contribution in [0.1, 0.15) is 60.0 Å². The first-order chi connectivity index (χ1) is 25.3. The average Bonchev–Trinajstić information content (AvgIpc) is 3.65. The van der Waals surface area contributed by atoms with Crippen molar-refractivity contribution in [2.75, 3.05) is 26.8 Å². The molecule has 2 amide bonds. The number of methoxy groups -OCH3 is 1. The van der Waals surface area contributed by atoms with Crippen LogP contribution in [0, 0.1) is 5.92 Å². The van der Waals surface area contributed by atoms with E-state index in [1.165, 1.54) is 7.11 Å². The van der Waals surface area contributed by atoms with Crippen molar-refractivity contribution in [1.82, 2.24) is 15.5 Å². The molecule has 0 unspecified atom stereocenters. The van der Waals surface area contributed by atoms with Gasteiger partial charge in [-0.3, -0.25) is 4.90 Å². The Morgan fingerprint density at radius 1 is 0.865 bits per heavy atom. The summed E-state index contributed by atoms with van der Waals surface area (Å²) in [7, 11) is 1.31. The first-order valence-corrected chi connectivity index (χ1v) is 18.1. The normalized spacial score (nSPS) is 22.4. The molecule has 4 aromatic carbocycles. The second-order valence-electron chi connectivity index (χ2n) is 13.7. The summed E-state index contributed by atoms with van der Waals surface area (Å²) in [5.74, 6) is -0.467. The minimum absolute atomic E-state index is 0.0188. The molecule has 2 fully saturated rings. The molecule has 10 nitrogen and oxygen atoms in total. The standard InChI is InChI=1S/C42H49N3O7/c1-28-38(25-45-20-8-15-36(45)27-47)51-41(52-39(28)32-18-16-30(26-46)17-19-32)35-14-7-13-34(23-35)33-12-6-11-31(21-33)24-43-42(49)44-37(40(48)50-2)22-29-9-4-3-5-10-29/h3-7,9-14,16-19,21,23,28,36-39,41,46-47H,8,15,20,22,24-27H2,1-2H3,(H2,43,44,49)/t28-,36-,37-,38+,39+,41+/m0/s1. The van der Waals surface area contributed by atoms with E-state index in [1.807, 2.05) is 97.1 Å². The predicted molar refractivity (Wildman–Crippen MR) is 198 cm³/mol. The fourth-order valence-electron chi connectivity index (χ4n) is 7.20. The molecule has 2 aliphatic heterocycles. The summed E-state index contributed by atoms with van der Waals surface area (Å²) in [5.41, 5.74) is 6.52. The first kappa shape index (κ1) is 37.2. The Balaban J connectivity index is 1.16. The smallest absolute Gasteiger partial charge is 0.328 e. The number of carbonyl (C=O) groups is 2. The van der Waals surface area contributed by atoms with Gasteiger partial charge < -0.3 is 35.1 Å². The van der Waals surface area contributed by atoms with Crippen LogP contribution in [0.15, 0.2) is 103 Å². The molecule has 52 heavy (non-hydrogen) atoms. The fourth-order valence-corrected chi connectivity index (χ4v) is 7.20. The van der Waals surface area contributed by atoms with Crippen LogP contribution in [-0.4, -0.2) is 72.1 Å². The van der Waals surface area contributed by atoms with Crippen LogP contribution in [0.25, 0.3) is 11.1 Å². The number of benzene rings is 4. The number of nitrogens with one attached hydrogen (secondary N) is 2. The van der Waals surface area contributed by atoms with Crippen molar-refractivity contribution in [3.63, 3.8) is 0 Å². The second-order valence-corrected chi connectivity index (χ2v) is 13.7. The quantitative estimate of drug-likeness (QED) is 0.131. The summed E-state index contributed by atoms with van der Waals surface area (Å²) in [4.78, 5) is 27.6. The van der Waals surface area contributed by atoms with E-state index in [1.54, 1.807) is 0 Å². The third kappa shape index (κ3) is 9.25. The summed E-state index contributed by atoms with van der Waals surface area (Å²) in [6.07, 6.45) is 1.37. The average molecular weight is 708 g/mol. The van der Waals surface area contributed by atoms with Gasteiger partial charge >= 0.3 is 12.0 Å². The largest absolute Gasteiger partial charge is 0.467 e. The van der Waals surface area contributed by atoms with Gasteiger partial charge in [-0.2, -0.15) is 0 Å². The van der Waals surface area contributed by atoms with E-state index in [0.29, 0.717) is 13.0 Å². The van der Waals surface area contributed by atoms with Gasteiger partial charge in [0.25, 0.3) is 0 Å². The van der Waals surface area contributed by atoms with Crippen molar-refractivity contribution in [2.45, 2.75) is 69.9 Å². The van der Waals surface area contributed by atoms with Gasteiger partial charge in [-0.15, -0.1) is 0 Å². The first-order valence-electron chi connectivity index (χ1n) is 18.1. The Morgan fingerprint density at radius 2 is 1.60 bits per heavy atom. The molecule has 0 radical (unpaired) electrons. The molecule has 0 spiro atoms. The number of urea groups is 1. The van der Waals surface area contributed by atoms with Gasteiger partial charge in [0.15, 0.2) is 6.29 Å². The Morgan fingerprint density at radius 3 is 2.33 bits per heavy atom. The number of aliphatic hydroxyl groups excluding tert-OH is 2. The summed E-state index contributed by atoms with van der Waals surface area (Å²) < 4.78 is 18.4. The van der Waals surface area contributed by atoms with Gasteiger partial charge in [0.2, 0.25) is 0 Å². The van der Waals surface area contributed by atoms with Crippen LogP contribution < -0.4 is 10.6 Å². The highest BCUT2D eigenvalue weighted by Gasteiger charge is 2.40. The number of esters is 1. The second kappa shape index (κ2) is 17.8. The Kier molecular flexibility index (Phi) is 12.7. The maximum absolute atomic E-state index is 12.9. The van der Waals surface area contributed by atoms with E-state index < -0.39 is 24.3 Å². The lowest BCUT2D eigenvalue weighted by atomic mass is 9.89. The van der Waals surface area contributed by atoms with E-state index in [9.17, 15) is 19.8 Å². The Labute approximate surface area is 305 Å². The fraction of sp³-hybridized carbons (Fsp3) is 0.381. The zero-order chi connectivity index (χ0) is 36.5. The van der Waals surface area contributed by atoms with Gasteiger partial charge in [-0.25, -0.2) is 9.59 Å². The molecule has 10 heteroatoms. The summed E-state index contributed by atoms with van der Waals surface area (Å²) in [5, 5.41) is 25.2. The van der Waals surface area contributed by atoms with Gasteiger partial charge in [0.1, 0.15) is 6.04 Å². The number of ether oxygens (including phenoxy) is 3. The van der Waals surface area contributed by atoms with Crippen LogP contribution in [0.3, 0.4) is 0 Å². The maximum atomic E-state index is 12.9. The van der Waals surface area contributed by atoms with Crippen LogP contribution in [0.4, 0.5) is 4.79 Å². The molecular formula is C42H49N3O7. The van der Waals surface area contributed by atoms with Gasteiger partial charge in [0.05, 0.1) is 32.5 Å². The van der Waals surface area contributed by atoms with Crippen molar-refractivity contribution >= 4 is 12.0 Å². The van der Waals surface area contributed by atoms with Crippen molar-refractivity contribution < 1.29 is 34.0 Å². The third-order valence-corrected chi connectivity index (χ3v) is 10.2. The highest BCUT2D eigenvalue weighted by atomic mass is 16.7. The van der Waals surface area contributed by atoms with E-state index >= 15 is 0 Å². The van der Waals surface area contributed by atoms with Gasteiger partial charge in [0, 0.05) is 37.0 Å². The molecule has 4 N–H and O–H groups in total. The molecule has 0 aromatic heterocycles. The maximum Gasteiger partial charge on any atom is 0.328 e. The number of amides is 2. The number of hydrogen-bond acceptors (Lipinski definition) is 8. The van der Waals surface area contributed by atoms with Crippen molar-refractivity contribution in [3.8, 4) is 11.1 Å². The number of likely N-dealkylation sites (tertiary alicyclic amines) is 1. The molecule has 2 aliphatic rings. The van der Waals surface area contributed by atoms with E-state index in [0.717, 1.165) is 58.3 Å². The van der Waals surface area contributed by atoms with E-state index in [2.05, 4.69) is 28.5 Å². The molecule has 0 bridgehead atoms.